The Labute approximate surface area is 124 Å². The number of carboxylic acid groups (broad SMARTS) is 1. The van der Waals surface area contributed by atoms with Crippen molar-refractivity contribution in [3.05, 3.63) is 63.6 Å². The summed E-state index contributed by atoms with van der Waals surface area (Å²) in [5.41, 5.74) is 0.499. The van der Waals surface area contributed by atoms with Gasteiger partial charge in [0.05, 0.1) is 12.7 Å². The number of benzene rings is 2. The predicted molar refractivity (Wildman–Crippen MR) is 77.5 cm³/mol. The molecule has 2 rings (SSSR count). The fourth-order valence-electron chi connectivity index (χ4n) is 1.78. The number of carboxylic acids is 1. The molecule has 0 heterocycles. The maximum absolute atomic E-state index is 12.4. The van der Waals surface area contributed by atoms with Gasteiger partial charge < -0.3 is 9.84 Å². The van der Waals surface area contributed by atoms with E-state index in [1.54, 1.807) is 30.3 Å². The molecule has 2 aromatic carbocycles. The molecule has 0 radical (unpaired) electrons. The number of ketones is 1. The first-order valence-electron chi connectivity index (χ1n) is 5.74. The third-order valence-electron chi connectivity index (χ3n) is 2.81. The molecule has 0 aliphatic rings. The van der Waals surface area contributed by atoms with Gasteiger partial charge in [-0.2, -0.15) is 0 Å². The number of hydrogen-bond acceptors (Lipinski definition) is 3. The van der Waals surface area contributed by atoms with Crippen LogP contribution in [-0.4, -0.2) is 24.0 Å². The molecule has 1 N–H and O–H groups in total. The van der Waals surface area contributed by atoms with Crippen LogP contribution >= 0.6 is 15.9 Å². The van der Waals surface area contributed by atoms with Crippen molar-refractivity contribution in [3.8, 4) is 5.75 Å². The van der Waals surface area contributed by atoms with E-state index >= 15 is 0 Å². The van der Waals surface area contributed by atoms with Crippen LogP contribution in [-0.2, 0) is 0 Å². The van der Waals surface area contributed by atoms with Gasteiger partial charge in [-0.05, 0) is 42.5 Å². The van der Waals surface area contributed by atoms with Crippen molar-refractivity contribution in [2.75, 3.05) is 7.11 Å². The number of hydrogen-bond donors (Lipinski definition) is 1. The van der Waals surface area contributed by atoms with E-state index in [9.17, 15) is 14.7 Å². The molecule has 102 valence electrons. The Kier molecular flexibility index (Phi) is 4.20. The minimum Gasteiger partial charge on any atom is -0.497 e. The lowest BCUT2D eigenvalue weighted by atomic mass is 9.98. The fraction of sp³-hybridized carbons (Fsp3) is 0.0667. The van der Waals surface area contributed by atoms with Gasteiger partial charge >= 0.3 is 5.97 Å². The lowest BCUT2D eigenvalue weighted by Crippen LogP contribution is -2.10. The van der Waals surface area contributed by atoms with E-state index in [1.807, 2.05) is 0 Å². The van der Waals surface area contributed by atoms with Gasteiger partial charge in [0.1, 0.15) is 5.75 Å². The zero-order valence-electron chi connectivity index (χ0n) is 10.6. The number of aromatic carboxylic acids is 1. The average molecular weight is 335 g/mol. The van der Waals surface area contributed by atoms with Gasteiger partial charge in [-0.15, -0.1) is 0 Å². The molecule has 0 amide bonds. The average Bonchev–Trinajstić information content (AvgIpc) is 2.46. The molecule has 4 nitrogen and oxygen atoms in total. The summed E-state index contributed by atoms with van der Waals surface area (Å²) in [5.74, 6) is -1.10. The summed E-state index contributed by atoms with van der Waals surface area (Å²) in [7, 11) is 1.44. The van der Waals surface area contributed by atoms with Crippen LogP contribution in [0.3, 0.4) is 0 Å². The van der Waals surface area contributed by atoms with Crippen molar-refractivity contribution in [1.82, 2.24) is 0 Å². The van der Waals surface area contributed by atoms with Crippen molar-refractivity contribution < 1.29 is 19.4 Å². The number of carbonyl (C=O) groups excluding carboxylic acids is 1. The molecule has 0 aliphatic carbocycles. The van der Waals surface area contributed by atoms with E-state index in [1.165, 1.54) is 19.2 Å². The smallest absolute Gasteiger partial charge is 0.336 e. The second-order valence-corrected chi connectivity index (χ2v) is 4.97. The topological polar surface area (TPSA) is 63.6 Å². The summed E-state index contributed by atoms with van der Waals surface area (Å²) in [6, 6.07) is 11.1. The second kappa shape index (κ2) is 5.88. The fourth-order valence-corrected chi connectivity index (χ4v) is 2.05. The first-order valence-corrected chi connectivity index (χ1v) is 6.54. The Morgan fingerprint density at radius 3 is 2.25 bits per heavy atom. The molecule has 5 heteroatoms. The summed E-state index contributed by atoms with van der Waals surface area (Å²) >= 11 is 3.29. The van der Waals surface area contributed by atoms with Gasteiger partial charge in [-0.1, -0.05) is 15.9 Å². The molecule has 0 atom stereocenters. The van der Waals surface area contributed by atoms with E-state index in [0.29, 0.717) is 11.3 Å². The molecule has 20 heavy (non-hydrogen) atoms. The molecule has 2 aromatic rings. The number of carbonyl (C=O) groups is 2. The van der Waals surface area contributed by atoms with Crippen molar-refractivity contribution in [1.29, 1.82) is 0 Å². The van der Waals surface area contributed by atoms with Crippen molar-refractivity contribution >= 4 is 27.7 Å². The van der Waals surface area contributed by atoms with E-state index in [4.69, 9.17) is 4.74 Å². The molecular weight excluding hydrogens is 324 g/mol. The Morgan fingerprint density at radius 2 is 1.70 bits per heavy atom. The van der Waals surface area contributed by atoms with Gasteiger partial charge in [-0.3, -0.25) is 4.79 Å². The highest BCUT2D eigenvalue weighted by molar-refractivity contribution is 9.10. The van der Waals surface area contributed by atoms with Crippen LogP contribution in [0.25, 0.3) is 0 Å². The van der Waals surface area contributed by atoms with Crippen LogP contribution in [0.5, 0.6) is 5.75 Å². The van der Waals surface area contributed by atoms with E-state index < -0.39 is 5.97 Å². The van der Waals surface area contributed by atoms with Crippen molar-refractivity contribution in [2.24, 2.45) is 0 Å². The third kappa shape index (κ3) is 2.88. The first-order chi connectivity index (χ1) is 9.52. The molecule has 0 spiro atoms. The van der Waals surface area contributed by atoms with Gasteiger partial charge in [0.15, 0.2) is 5.78 Å². The summed E-state index contributed by atoms with van der Waals surface area (Å²) in [4.78, 5) is 23.6. The molecule has 0 saturated heterocycles. The summed E-state index contributed by atoms with van der Waals surface area (Å²) < 4.78 is 5.83. The highest BCUT2D eigenvalue weighted by Gasteiger charge is 2.18. The molecular formula is C15H11BrO4. The quantitative estimate of drug-likeness (QED) is 0.870. The maximum atomic E-state index is 12.4. The van der Waals surface area contributed by atoms with Gasteiger partial charge in [0.2, 0.25) is 0 Å². The second-order valence-electron chi connectivity index (χ2n) is 4.05. The molecule has 0 saturated carbocycles. The van der Waals surface area contributed by atoms with Crippen molar-refractivity contribution in [3.63, 3.8) is 0 Å². The number of halogens is 1. The Balaban J connectivity index is 2.48. The SMILES string of the molecule is COc1ccc(C(=O)c2ccc(Br)cc2)c(C(=O)O)c1. The highest BCUT2D eigenvalue weighted by atomic mass is 79.9. The Bertz CT molecular complexity index is 662. The van der Waals surface area contributed by atoms with E-state index in [-0.39, 0.29) is 16.9 Å². The summed E-state index contributed by atoms with van der Waals surface area (Å²) in [5, 5.41) is 9.21. The van der Waals surface area contributed by atoms with E-state index in [0.717, 1.165) is 4.47 Å². The maximum Gasteiger partial charge on any atom is 0.336 e. The molecule has 0 bridgehead atoms. The number of methoxy groups -OCH3 is 1. The predicted octanol–water partition coefficient (Wildman–Crippen LogP) is 3.39. The summed E-state index contributed by atoms with van der Waals surface area (Å²) in [6.07, 6.45) is 0. The van der Waals surface area contributed by atoms with Crippen molar-refractivity contribution in [2.45, 2.75) is 0 Å². The lowest BCUT2D eigenvalue weighted by molar-refractivity contribution is 0.0692. The largest absolute Gasteiger partial charge is 0.497 e. The van der Waals surface area contributed by atoms with Crippen LogP contribution in [0.15, 0.2) is 46.9 Å². The molecule has 0 unspecified atom stereocenters. The minimum absolute atomic E-state index is 0.0720. The van der Waals surface area contributed by atoms with Crippen LogP contribution < -0.4 is 4.74 Å². The number of ether oxygens (including phenoxy) is 1. The van der Waals surface area contributed by atoms with Crippen LogP contribution in [0.4, 0.5) is 0 Å². The molecule has 0 aliphatic heterocycles. The van der Waals surface area contributed by atoms with Crippen LogP contribution in [0, 0.1) is 0 Å². The van der Waals surface area contributed by atoms with Crippen LogP contribution in [0.2, 0.25) is 0 Å². The zero-order chi connectivity index (χ0) is 14.7. The zero-order valence-corrected chi connectivity index (χ0v) is 12.2. The Morgan fingerprint density at radius 1 is 1.05 bits per heavy atom. The molecule has 0 aromatic heterocycles. The van der Waals surface area contributed by atoms with Crippen LogP contribution in [0.1, 0.15) is 26.3 Å². The van der Waals surface area contributed by atoms with E-state index in [2.05, 4.69) is 15.9 Å². The Hall–Kier alpha value is -2.14. The lowest BCUT2D eigenvalue weighted by Gasteiger charge is -2.08. The van der Waals surface area contributed by atoms with Gasteiger partial charge in [0, 0.05) is 15.6 Å². The standard InChI is InChI=1S/C15H11BrO4/c1-20-11-6-7-12(13(8-11)15(18)19)14(17)9-2-4-10(16)5-3-9/h2-8H,1H3,(H,18,19). The third-order valence-corrected chi connectivity index (χ3v) is 3.34. The summed E-state index contributed by atoms with van der Waals surface area (Å²) in [6.45, 7) is 0. The monoisotopic (exact) mass is 334 g/mol. The van der Waals surface area contributed by atoms with Gasteiger partial charge in [0.25, 0.3) is 0 Å². The number of rotatable bonds is 4. The first kappa shape index (κ1) is 14.3. The minimum atomic E-state index is -1.16. The molecule has 0 fully saturated rings. The highest BCUT2D eigenvalue weighted by Crippen LogP contribution is 2.21. The van der Waals surface area contributed by atoms with Gasteiger partial charge in [-0.25, -0.2) is 4.79 Å². The normalized spacial score (nSPS) is 10.1.